The van der Waals surface area contributed by atoms with Crippen molar-refractivity contribution in [3.05, 3.63) is 108 Å². The molecule has 1 atom stereocenters. The lowest BCUT2D eigenvalue weighted by Crippen LogP contribution is -2.41. The third-order valence-electron chi connectivity index (χ3n) is 6.94. The standard InChI is InChI=1S/C34H36N2O7/c1-39-26-16-17-27(28(21-26)40-2)35-34(38)32(25-19-29(41-3)33(43-5)30(20-25)42-4)36(22-24-14-10-7-11-15-24)31(37)18-23-12-8-6-9-13-23/h6-17,19-21,32H,18,22H2,1-5H3,(H,35,38). The topological polar surface area (TPSA) is 95.6 Å². The van der Waals surface area contributed by atoms with Crippen molar-refractivity contribution in [3.8, 4) is 28.7 Å². The number of hydrogen-bond acceptors (Lipinski definition) is 7. The number of carbonyl (C=O) groups is 2. The average molecular weight is 585 g/mol. The molecule has 224 valence electrons. The number of amides is 2. The van der Waals surface area contributed by atoms with Gasteiger partial charge in [-0.05, 0) is 41.0 Å². The van der Waals surface area contributed by atoms with Gasteiger partial charge in [-0.3, -0.25) is 9.59 Å². The van der Waals surface area contributed by atoms with Crippen molar-refractivity contribution in [2.45, 2.75) is 19.0 Å². The fourth-order valence-electron chi connectivity index (χ4n) is 4.81. The van der Waals surface area contributed by atoms with Crippen LogP contribution in [0.15, 0.2) is 91.0 Å². The van der Waals surface area contributed by atoms with Crippen LogP contribution in [-0.4, -0.2) is 52.3 Å². The van der Waals surface area contributed by atoms with Crippen LogP contribution in [0.25, 0.3) is 0 Å². The number of carbonyl (C=O) groups excluding carboxylic acids is 2. The molecule has 9 heteroatoms. The Balaban J connectivity index is 1.87. The zero-order chi connectivity index (χ0) is 30.8. The Hall–Kier alpha value is -5.18. The third-order valence-corrected chi connectivity index (χ3v) is 6.94. The SMILES string of the molecule is COc1ccc(NC(=O)C(c2cc(OC)c(OC)c(OC)c2)N(Cc2ccccc2)C(=O)Cc2ccccc2)c(OC)c1. The van der Waals surface area contributed by atoms with Gasteiger partial charge in [0.25, 0.3) is 5.91 Å². The molecule has 0 aliphatic heterocycles. The highest BCUT2D eigenvalue weighted by Gasteiger charge is 2.34. The first kappa shape index (κ1) is 30.8. The largest absolute Gasteiger partial charge is 0.497 e. The van der Waals surface area contributed by atoms with Crippen molar-refractivity contribution in [2.24, 2.45) is 0 Å². The number of methoxy groups -OCH3 is 5. The van der Waals surface area contributed by atoms with Crippen LogP contribution in [0, 0.1) is 0 Å². The Bertz CT molecular complexity index is 1500. The molecular formula is C34H36N2O7. The van der Waals surface area contributed by atoms with E-state index in [2.05, 4.69) is 5.32 Å². The predicted molar refractivity (Wildman–Crippen MR) is 164 cm³/mol. The first-order chi connectivity index (χ1) is 20.9. The molecule has 2 amide bonds. The summed E-state index contributed by atoms with van der Waals surface area (Å²) in [6.45, 7) is 0.168. The monoisotopic (exact) mass is 584 g/mol. The molecule has 0 fully saturated rings. The fourth-order valence-corrected chi connectivity index (χ4v) is 4.81. The lowest BCUT2D eigenvalue weighted by molar-refractivity contribution is -0.139. The van der Waals surface area contributed by atoms with Gasteiger partial charge in [0.2, 0.25) is 11.7 Å². The number of nitrogens with zero attached hydrogens (tertiary/aromatic N) is 1. The van der Waals surface area contributed by atoms with Crippen LogP contribution in [0.5, 0.6) is 28.7 Å². The molecule has 0 saturated heterocycles. The minimum atomic E-state index is -1.10. The Labute approximate surface area is 251 Å². The minimum Gasteiger partial charge on any atom is -0.497 e. The molecule has 9 nitrogen and oxygen atoms in total. The second kappa shape index (κ2) is 14.6. The molecule has 4 aromatic rings. The molecule has 0 spiro atoms. The first-order valence-electron chi connectivity index (χ1n) is 13.6. The summed E-state index contributed by atoms with van der Waals surface area (Å²) in [5, 5.41) is 2.97. The molecule has 4 rings (SSSR count). The van der Waals surface area contributed by atoms with Gasteiger partial charge in [-0.2, -0.15) is 0 Å². The van der Waals surface area contributed by atoms with Crippen molar-refractivity contribution < 1.29 is 33.3 Å². The number of ether oxygens (including phenoxy) is 5. The maximum Gasteiger partial charge on any atom is 0.251 e. The smallest absolute Gasteiger partial charge is 0.251 e. The summed E-state index contributed by atoms with van der Waals surface area (Å²) in [5.74, 6) is 1.34. The Morgan fingerprint density at radius 3 is 1.79 bits per heavy atom. The van der Waals surface area contributed by atoms with Gasteiger partial charge in [-0.1, -0.05) is 60.7 Å². The Morgan fingerprint density at radius 1 is 0.674 bits per heavy atom. The van der Waals surface area contributed by atoms with E-state index in [0.717, 1.165) is 11.1 Å². The molecule has 0 bridgehead atoms. The molecule has 0 aromatic heterocycles. The number of hydrogen-bond donors (Lipinski definition) is 1. The molecule has 43 heavy (non-hydrogen) atoms. The molecule has 1 N–H and O–H groups in total. The van der Waals surface area contributed by atoms with Crippen LogP contribution >= 0.6 is 0 Å². The zero-order valence-corrected chi connectivity index (χ0v) is 25.0. The van der Waals surface area contributed by atoms with E-state index in [1.165, 1.54) is 28.4 Å². The van der Waals surface area contributed by atoms with E-state index in [1.54, 1.807) is 42.3 Å². The quantitative estimate of drug-likeness (QED) is 0.216. The van der Waals surface area contributed by atoms with E-state index in [-0.39, 0.29) is 18.9 Å². The van der Waals surface area contributed by atoms with Gasteiger partial charge in [0, 0.05) is 12.6 Å². The minimum absolute atomic E-state index is 0.0910. The fraction of sp³-hybridized carbons (Fsp3) is 0.235. The van der Waals surface area contributed by atoms with E-state index in [1.807, 2.05) is 60.7 Å². The molecule has 0 heterocycles. The Kier molecular flexibility index (Phi) is 10.5. The summed E-state index contributed by atoms with van der Waals surface area (Å²) in [6, 6.07) is 26.3. The lowest BCUT2D eigenvalue weighted by atomic mass is 10.00. The van der Waals surface area contributed by atoms with E-state index in [9.17, 15) is 9.59 Å². The average Bonchev–Trinajstić information content (AvgIpc) is 3.04. The molecule has 0 aliphatic rings. The van der Waals surface area contributed by atoms with Crippen molar-refractivity contribution in [1.29, 1.82) is 0 Å². The maximum absolute atomic E-state index is 14.4. The van der Waals surface area contributed by atoms with Crippen LogP contribution in [0.2, 0.25) is 0 Å². The summed E-state index contributed by atoms with van der Waals surface area (Å²) in [5.41, 5.74) is 2.57. The van der Waals surface area contributed by atoms with Crippen LogP contribution in [-0.2, 0) is 22.6 Å². The van der Waals surface area contributed by atoms with Gasteiger partial charge in [0.1, 0.15) is 17.5 Å². The summed E-state index contributed by atoms with van der Waals surface area (Å²) >= 11 is 0. The highest BCUT2D eigenvalue weighted by atomic mass is 16.5. The van der Waals surface area contributed by atoms with Gasteiger partial charge in [-0.25, -0.2) is 0 Å². The normalized spacial score (nSPS) is 11.2. The van der Waals surface area contributed by atoms with Crippen molar-refractivity contribution >= 4 is 17.5 Å². The lowest BCUT2D eigenvalue weighted by Gasteiger charge is -2.32. The van der Waals surface area contributed by atoms with E-state index < -0.39 is 11.9 Å². The summed E-state index contributed by atoms with van der Waals surface area (Å²) in [7, 11) is 7.56. The predicted octanol–water partition coefficient (Wildman–Crippen LogP) is 5.68. The van der Waals surface area contributed by atoms with Gasteiger partial charge in [-0.15, -0.1) is 0 Å². The molecule has 4 aromatic carbocycles. The molecule has 0 radical (unpaired) electrons. The van der Waals surface area contributed by atoms with Crippen molar-refractivity contribution in [2.75, 3.05) is 40.9 Å². The molecular weight excluding hydrogens is 548 g/mol. The third kappa shape index (κ3) is 7.37. The second-order valence-corrected chi connectivity index (χ2v) is 9.59. The van der Waals surface area contributed by atoms with Crippen LogP contribution in [0.3, 0.4) is 0 Å². The van der Waals surface area contributed by atoms with E-state index >= 15 is 0 Å². The van der Waals surface area contributed by atoms with Gasteiger partial charge < -0.3 is 33.9 Å². The van der Waals surface area contributed by atoms with Gasteiger partial charge >= 0.3 is 0 Å². The molecule has 1 unspecified atom stereocenters. The number of benzene rings is 4. The van der Waals surface area contributed by atoms with Crippen LogP contribution in [0.4, 0.5) is 5.69 Å². The number of rotatable bonds is 13. The number of nitrogens with one attached hydrogen (secondary N) is 1. The van der Waals surface area contributed by atoms with Gasteiger partial charge in [0.05, 0.1) is 47.7 Å². The van der Waals surface area contributed by atoms with Crippen molar-refractivity contribution in [1.82, 2.24) is 4.90 Å². The van der Waals surface area contributed by atoms with E-state index in [0.29, 0.717) is 40.0 Å². The number of anilines is 1. The summed E-state index contributed by atoms with van der Waals surface area (Å²) in [4.78, 5) is 30.1. The second-order valence-electron chi connectivity index (χ2n) is 9.59. The zero-order valence-electron chi connectivity index (χ0n) is 25.0. The maximum atomic E-state index is 14.4. The Morgan fingerprint density at radius 2 is 1.26 bits per heavy atom. The highest BCUT2D eigenvalue weighted by Crippen LogP contribution is 2.41. The molecule has 0 aliphatic carbocycles. The molecule has 0 saturated carbocycles. The highest BCUT2D eigenvalue weighted by molar-refractivity contribution is 5.99. The van der Waals surface area contributed by atoms with E-state index in [4.69, 9.17) is 23.7 Å². The summed E-state index contributed by atoms with van der Waals surface area (Å²) in [6.07, 6.45) is 0.0910. The van der Waals surface area contributed by atoms with Crippen LogP contribution in [0.1, 0.15) is 22.7 Å². The first-order valence-corrected chi connectivity index (χ1v) is 13.6. The summed E-state index contributed by atoms with van der Waals surface area (Å²) < 4.78 is 27.6. The van der Waals surface area contributed by atoms with Crippen LogP contribution < -0.4 is 29.0 Å². The van der Waals surface area contributed by atoms with Gasteiger partial charge in [0.15, 0.2) is 11.5 Å². The van der Waals surface area contributed by atoms with Crippen molar-refractivity contribution in [3.63, 3.8) is 0 Å².